The molecule has 0 aliphatic heterocycles. The summed E-state index contributed by atoms with van der Waals surface area (Å²) < 4.78 is 0. The van der Waals surface area contributed by atoms with Crippen molar-refractivity contribution in [2.24, 2.45) is 17.8 Å². The summed E-state index contributed by atoms with van der Waals surface area (Å²) in [5.74, 6) is 3.41. The summed E-state index contributed by atoms with van der Waals surface area (Å²) in [5, 5.41) is 5.89. The van der Waals surface area contributed by atoms with E-state index in [2.05, 4.69) is 43.6 Å². The highest BCUT2D eigenvalue weighted by molar-refractivity contribution is 7.10. The Hall–Kier alpha value is -0.340. The molecule has 3 atom stereocenters. The number of hydrogen-bond donors (Lipinski definition) is 1. The van der Waals surface area contributed by atoms with Crippen molar-refractivity contribution in [1.82, 2.24) is 5.32 Å². The molecule has 108 valence electrons. The van der Waals surface area contributed by atoms with Gasteiger partial charge in [0.15, 0.2) is 0 Å². The highest BCUT2D eigenvalue weighted by atomic mass is 32.1. The number of thiophene rings is 1. The first kappa shape index (κ1) is 15.1. The van der Waals surface area contributed by atoms with Gasteiger partial charge in [0.2, 0.25) is 0 Å². The van der Waals surface area contributed by atoms with Crippen molar-refractivity contribution in [3.05, 3.63) is 22.4 Å². The smallest absolute Gasteiger partial charge is 0.00795 e. The lowest BCUT2D eigenvalue weighted by Crippen LogP contribution is -2.33. The quantitative estimate of drug-likeness (QED) is 0.730. The van der Waals surface area contributed by atoms with Crippen LogP contribution in [0.2, 0.25) is 0 Å². The third-order valence-electron chi connectivity index (χ3n) is 4.72. The van der Waals surface area contributed by atoms with Crippen molar-refractivity contribution < 1.29 is 0 Å². The van der Waals surface area contributed by atoms with Crippen LogP contribution < -0.4 is 5.32 Å². The molecule has 1 saturated carbocycles. The molecule has 1 aromatic rings. The van der Waals surface area contributed by atoms with Gasteiger partial charge in [-0.2, -0.15) is 0 Å². The Morgan fingerprint density at radius 3 is 2.84 bits per heavy atom. The molecule has 0 spiro atoms. The Morgan fingerprint density at radius 1 is 1.37 bits per heavy atom. The SMILES string of the molecule is CCCNCC1CCC(C(C)C)CC1c1cccs1. The van der Waals surface area contributed by atoms with E-state index >= 15 is 0 Å². The maximum Gasteiger partial charge on any atom is 0.00795 e. The fraction of sp³-hybridized carbons (Fsp3) is 0.765. The number of rotatable bonds is 6. The van der Waals surface area contributed by atoms with Crippen LogP contribution in [0.5, 0.6) is 0 Å². The molecule has 0 saturated heterocycles. The molecule has 1 N–H and O–H groups in total. The minimum atomic E-state index is 0.797. The molecule has 1 aromatic heterocycles. The average Bonchev–Trinajstić information content (AvgIpc) is 2.93. The Labute approximate surface area is 122 Å². The lowest BCUT2D eigenvalue weighted by Gasteiger charge is -2.37. The Balaban J connectivity index is 2.01. The zero-order valence-corrected chi connectivity index (χ0v) is 13.5. The van der Waals surface area contributed by atoms with Crippen LogP contribution >= 0.6 is 11.3 Å². The second-order valence-electron chi connectivity index (χ2n) is 6.40. The molecule has 1 fully saturated rings. The van der Waals surface area contributed by atoms with Gasteiger partial charge >= 0.3 is 0 Å². The van der Waals surface area contributed by atoms with Crippen molar-refractivity contribution in [3.8, 4) is 0 Å². The third kappa shape index (κ3) is 4.06. The van der Waals surface area contributed by atoms with Gasteiger partial charge in [0, 0.05) is 4.88 Å². The van der Waals surface area contributed by atoms with Crippen molar-refractivity contribution in [2.45, 2.75) is 52.4 Å². The summed E-state index contributed by atoms with van der Waals surface area (Å²) in [6.07, 6.45) is 5.47. The van der Waals surface area contributed by atoms with E-state index in [0.717, 1.165) is 23.7 Å². The second-order valence-corrected chi connectivity index (χ2v) is 7.38. The molecule has 2 heteroatoms. The standard InChI is InChI=1S/C17H29NS/c1-4-9-18-12-15-8-7-14(13(2)3)11-16(15)17-6-5-10-19-17/h5-6,10,13-16,18H,4,7-9,11-12H2,1-3H3. The molecular formula is C17H29NS. The maximum absolute atomic E-state index is 3.65. The van der Waals surface area contributed by atoms with Gasteiger partial charge in [0.25, 0.3) is 0 Å². The van der Waals surface area contributed by atoms with Gasteiger partial charge in [-0.25, -0.2) is 0 Å². The Kier molecular flexibility index (Phi) is 5.90. The monoisotopic (exact) mass is 279 g/mol. The van der Waals surface area contributed by atoms with Gasteiger partial charge in [-0.1, -0.05) is 26.8 Å². The van der Waals surface area contributed by atoms with E-state index in [0.29, 0.717) is 0 Å². The van der Waals surface area contributed by atoms with Crippen molar-refractivity contribution in [2.75, 3.05) is 13.1 Å². The lowest BCUT2D eigenvalue weighted by atomic mass is 9.70. The first-order valence-corrected chi connectivity index (χ1v) is 8.84. The minimum absolute atomic E-state index is 0.797. The molecule has 3 unspecified atom stereocenters. The summed E-state index contributed by atoms with van der Waals surface area (Å²) in [6.45, 7) is 9.42. The largest absolute Gasteiger partial charge is 0.316 e. The van der Waals surface area contributed by atoms with Crippen molar-refractivity contribution >= 4 is 11.3 Å². The van der Waals surface area contributed by atoms with Gasteiger partial charge in [0.05, 0.1) is 0 Å². The zero-order chi connectivity index (χ0) is 13.7. The molecule has 1 heterocycles. The van der Waals surface area contributed by atoms with E-state index in [1.165, 1.54) is 38.8 Å². The number of hydrogen-bond acceptors (Lipinski definition) is 2. The number of nitrogens with one attached hydrogen (secondary N) is 1. The van der Waals surface area contributed by atoms with E-state index in [-0.39, 0.29) is 0 Å². The molecule has 1 aliphatic rings. The molecule has 0 amide bonds. The van der Waals surface area contributed by atoms with E-state index in [1.807, 2.05) is 11.3 Å². The molecule has 0 bridgehead atoms. The highest BCUT2D eigenvalue weighted by Crippen LogP contribution is 2.44. The van der Waals surface area contributed by atoms with Gasteiger partial charge in [-0.3, -0.25) is 0 Å². The van der Waals surface area contributed by atoms with E-state index < -0.39 is 0 Å². The summed E-state index contributed by atoms with van der Waals surface area (Å²) >= 11 is 1.96. The van der Waals surface area contributed by atoms with Crippen molar-refractivity contribution in [1.29, 1.82) is 0 Å². The Bertz CT molecular complexity index is 344. The van der Waals surface area contributed by atoms with Crippen LogP contribution in [0, 0.1) is 17.8 Å². The molecule has 0 radical (unpaired) electrons. The summed E-state index contributed by atoms with van der Waals surface area (Å²) in [7, 11) is 0. The minimum Gasteiger partial charge on any atom is -0.316 e. The van der Waals surface area contributed by atoms with Crippen LogP contribution in [0.15, 0.2) is 17.5 Å². The fourth-order valence-corrected chi connectivity index (χ4v) is 4.37. The van der Waals surface area contributed by atoms with Crippen LogP contribution in [-0.2, 0) is 0 Å². The lowest BCUT2D eigenvalue weighted by molar-refractivity contribution is 0.192. The van der Waals surface area contributed by atoms with Crippen LogP contribution in [0.3, 0.4) is 0 Å². The maximum atomic E-state index is 3.65. The predicted molar refractivity (Wildman–Crippen MR) is 85.9 cm³/mol. The van der Waals surface area contributed by atoms with Crippen LogP contribution in [0.4, 0.5) is 0 Å². The molecular weight excluding hydrogens is 250 g/mol. The van der Waals surface area contributed by atoms with E-state index in [4.69, 9.17) is 0 Å². The van der Waals surface area contributed by atoms with Gasteiger partial charge in [0.1, 0.15) is 0 Å². The van der Waals surface area contributed by atoms with Gasteiger partial charge in [-0.15, -0.1) is 11.3 Å². The average molecular weight is 279 g/mol. The third-order valence-corrected chi connectivity index (χ3v) is 5.72. The first-order valence-electron chi connectivity index (χ1n) is 7.96. The topological polar surface area (TPSA) is 12.0 Å². The molecule has 19 heavy (non-hydrogen) atoms. The van der Waals surface area contributed by atoms with Gasteiger partial charge in [-0.05, 0) is 73.9 Å². The molecule has 1 nitrogen and oxygen atoms in total. The summed E-state index contributed by atoms with van der Waals surface area (Å²) in [4.78, 5) is 1.62. The summed E-state index contributed by atoms with van der Waals surface area (Å²) in [6, 6.07) is 4.57. The van der Waals surface area contributed by atoms with E-state index in [9.17, 15) is 0 Å². The van der Waals surface area contributed by atoms with Crippen LogP contribution in [0.25, 0.3) is 0 Å². The molecule has 2 rings (SSSR count). The second kappa shape index (κ2) is 7.44. The Morgan fingerprint density at radius 2 is 2.21 bits per heavy atom. The van der Waals surface area contributed by atoms with Crippen molar-refractivity contribution in [3.63, 3.8) is 0 Å². The zero-order valence-electron chi connectivity index (χ0n) is 12.7. The normalized spacial score (nSPS) is 27.9. The van der Waals surface area contributed by atoms with E-state index in [1.54, 1.807) is 4.88 Å². The molecule has 0 aromatic carbocycles. The highest BCUT2D eigenvalue weighted by Gasteiger charge is 2.32. The summed E-state index contributed by atoms with van der Waals surface area (Å²) in [5.41, 5.74) is 0. The van der Waals surface area contributed by atoms with Crippen LogP contribution in [-0.4, -0.2) is 13.1 Å². The first-order chi connectivity index (χ1) is 9.22. The fourth-order valence-electron chi connectivity index (χ4n) is 3.43. The van der Waals surface area contributed by atoms with Crippen LogP contribution in [0.1, 0.15) is 57.2 Å². The predicted octanol–water partition coefficient (Wildman–Crippen LogP) is 4.90. The molecule has 1 aliphatic carbocycles. The van der Waals surface area contributed by atoms with Gasteiger partial charge < -0.3 is 5.32 Å².